The van der Waals surface area contributed by atoms with Crippen molar-refractivity contribution in [2.75, 3.05) is 5.75 Å². The molecule has 0 aliphatic rings. The quantitative estimate of drug-likeness (QED) is 0.909. The van der Waals surface area contributed by atoms with E-state index in [0.717, 1.165) is 4.47 Å². The summed E-state index contributed by atoms with van der Waals surface area (Å²) in [5.41, 5.74) is 0.396. The number of nitrogens with one attached hydrogen (secondary N) is 1. The average Bonchev–Trinajstić information content (AvgIpc) is 2.18. The number of carbonyl (C=O) groups excluding carboxylic acids is 1. The minimum atomic E-state index is -0.242. The molecule has 1 aromatic rings. The Bertz CT molecular complexity index is 431. The Kier molecular flexibility index (Phi) is 5.66. The van der Waals surface area contributed by atoms with Crippen LogP contribution in [0.4, 0.5) is 4.39 Å². The molecule has 0 atom stereocenters. The van der Waals surface area contributed by atoms with Crippen LogP contribution in [-0.4, -0.2) is 17.2 Å². The molecular weight excluding hydrogens is 317 g/mol. The number of hydrogen-bond donors (Lipinski definition) is 1. The zero-order valence-corrected chi connectivity index (χ0v) is 13.1. The van der Waals surface area contributed by atoms with E-state index in [4.69, 9.17) is 0 Å². The van der Waals surface area contributed by atoms with Gasteiger partial charge in [-0.05, 0) is 38.5 Å². The van der Waals surface area contributed by atoms with Gasteiger partial charge >= 0.3 is 0 Å². The number of thioether (sulfide) groups is 1. The van der Waals surface area contributed by atoms with E-state index in [9.17, 15) is 9.18 Å². The van der Waals surface area contributed by atoms with Gasteiger partial charge in [-0.3, -0.25) is 4.79 Å². The van der Waals surface area contributed by atoms with E-state index in [2.05, 4.69) is 21.2 Å². The Hall–Kier alpha value is -0.550. The van der Waals surface area contributed by atoms with Crippen LogP contribution < -0.4 is 5.32 Å². The second-order valence-corrected chi connectivity index (χ2v) is 6.93. The van der Waals surface area contributed by atoms with Crippen LogP contribution in [-0.2, 0) is 10.5 Å². The lowest BCUT2D eigenvalue weighted by molar-refractivity contribution is -0.119. The Morgan fingerprint density at radius 1 is 1.44 bits per heavy atom. The fraction of sp³-hybridized carbons (Fsp3) is 0.462. The predicted octanol–water partition coefficient (Wildman–Crippen LogP) is 3.74. The van der Waals surface area contributed by atoms with Crippen LogP contribution in [0.25, 0.3) is 0 Å². The van der Waals surface area contributed by atoms with Gasteiger partial charge in [0.15, 0.2) is 0 Å². The van der Waals surface area contributed by atoms with Gasteiger partial charge < -0.3 is 5.32 Å². The number of amides is 1. The zero-order chi connectivity index (χ0) is 13.8. The molecule has 1 N–H and O–H groups in total. The van der Waals surface area contributed by atoms with Crippen LogP contribution >= 0.6 is 27.7 Å². The van der Waals surface area contributed by atoms with Crippen molar-refractivity contribution in [2.45, 2.75) is 32.1 Å². The van der Waals surface area contributed by atoms with Crippen LogP contribution in [0, 0.1) is 5.82 Å². The number of hydrogen-bond acceptors (Lipinski definition) is 2. The Labute approximate surface area is 120 Å². The smallest absolute Gasteiger partial charge is 0.230 e. The van der Waals surface area contributed by atoms with E-state index < -0.39 is 0 Å². The lowest BCUT2D eigenvalue weighted by atomic mass is 10.1. The van der Waals surface area contributed by atoms with Crippen LogP contribution in [0.15, 0.2) is 22.7 Å². The Morgan fingerprint density at radius 3 is 2.67 bits per heavy atom. The summed E-state index contributed by atoms with van der Waals surface area (Å²) in [5, 5.41) is 2.87. The molecule has 18 heavy (non-hydrogen) atoms. The second kappa shape index (κ2) is 6.57. The summed E-state index contributed by atoms with van der Waals surface area (Å²) in [7, 11) is 0. The van der Waals surface area contributed by atoms with Crippen LogP contribution in [0.3, 0.4) is 0 Å². The highest BCUT2D eigenvalue weighted by Gasteiger charge is 2.13. The van der Waals surface area contributed by atoms with Gasteiger partial charge in [-0.25, -0.2) is 4.39 Å². The van der Waals surface area contributed by atoms with Gasteiger partial charge in [-0.2, -0.15) is 0 Å². The first-order valence-corrected chi connectivity index (χ1v) is 7.55. The maximum absolute atomic E-state index is 13.5. The van der Waals surface area contributed by atoms with E-state index in [1.165, 1.54) is 17.8 Å². The van der Waals surface area contributed by atoms with Crippen molar-refractivity contribution >= 4 is 33.6 Å². The monoisotopic (exact) mass is 333 g/mol. The molecule has 1 aromatic carbocycles. The van der Waals surface area contributed by atoms with E-state index in [1.807, 2.05) is 20.8 Å². The Balaban J connectivity index is 2.40. The molecule has 0 saturated heterocycles. The molecular formula is C13H17BrFNOS. The third kappa shape index (κ3) is 5.87. The number of carbonyl (C=O) groups is 1. The predicted molar refractivity (Wildman–Crippen MR) is 78.2 cm³/mol. The van der Waals surface area contributed by atoms with Gasteiger partial charge in [-0.15, -0.1) is 11.8 Å². The van der Waals surface area contributed by atoms with Gasteiger partial charge in [0.25, 0.3) is 0 Å². The van der Waals surface area contributed by atoms with Crippen molar-refractivity contribution in [3.05, 3.63) is 34.1 Å². The second-order valence-electron chi connectivity index (χ2n) is 5.03. The van der Waals surface area contributed by atoms with Crippen molar-refractivity contribution in [1.82, 2.24) is 5.32 Å². The minimum Gasteiger partial charge on any atom is -0.351 e. The third-order valence-electron chi connectivity index (χ3n) is 2.02. The fourth-order valence-corrected chi connectivity index (χ4v) is 2.49. The summed E-state index contributed by atoms with van der Waals surface area (Å²) < 4.78 is 14.2. The molecule has 5 heteroatoms. The molecule has 0 aliphatic heterocycles. The number of halogens is 2. The van der Waals surface area contributed by atoms with E-state index >= 15 is 0 Å². The molecule has 0 fully saturated rings. The van der Waals surface area contributed by atoms with Crippen LogP contribution in [0.2, 0.25) is 0 Å². The zero-order valence-electron chi connectivity index (χ0n) is 10.7. The maximum Gasteiger partial charge on any atom is 0.230 e. The summed E-state index contributed by atoms with van der Waals surface area (Å²) in [6, 6.07) is 4.97. The topological polar surface area (TPSA) is 29.1 Å². The molecule has 0 heterocycles. The highest BCUT2D eigenvalue weighted by atomic mass is 79.9. The van der Waals surface area contributed by atoms with E-state index in [1.54, 1.807) is 12.1 Å². The summed E-state index contributed by atoms with van der Waals surface area (Å²) in [4.78, 5) is 11.6. The largest absolute Gasteiger partial charge is 0.351 e. The standard InChI is InChI=1S/C13H17BrFNOS/c1-13(2,3)16-12(17)8-18-7-9-4-5-10(14)6-11(9)15/h4-6H,7-8H2,1-3H3,(H,16,17). The fourth-order valence-electron chi connectivity index (χ4n) is 1.35. The van der Waals surface area contributed by atoms with Crippen molar-refractivity contribution in [2.24, 2.45) is 0 Å². The van der Waals surface area contributed by atoms with Crippen molar-refractivity contribution in [1.29, 1.82) is 0 Å². The van der Waals surface area contributed by atoms with Crippen LogP contribution in [0.1, 0.15) is 26.3 Å². The number of benzene rings is 1. The van der Waals surface area contributed by atoms with Crippen molar-refractivity contribution < 1.29 is 9.18 Å². The molecule has 0 aromatic heterocycles. The summed E-state index contributed by atoms with van der Waals surface area (Å²) in [5.74, 6) is 0.571. The molecule has 100 valence electrons. The molecule has 0 aliphatic carbocycles. The van der Waals surface area contributed by atoms with Gasteiger partial charge in [-0.1, -0.05) is 22.0 Å². The average molecular weight is 334 g/mol. The summed E-state index contributed by atoms with van der Waals surface area (Å²) >= 11 is 4.62. The number of rotatable bonds is 4. The third-order valence-corrected chi connectivity index (χ3v) is 3.49. The first-order valence-electron chi connectivity index (χ1n) is 5.60. The van der Waals surface area contributed by atoms with E-state index in [0.29, 0.717) is 17.1 Å². The molecule has 1 rings (SSSR count). The maximum atomic E-state index is 13.5. The molecule has 0 bridgehead atoms. The molecule has 0 saturated carbocycles. The molecule has 0 radical (unpaired) electrons. The van der Waals surface area contributed by atoms with Gasteiger partial charge in [0.05, 0.1) is 5.75 Å². The van der Waals surface area contributed by atoms with Crippen molar-refractivity contribution in [3.63, 3.8) is 0 Å². The first kappa shape index (κ1) is 15.5. The molecule has 2 nitrogen and oxygen atoms in total. The summed E-state index contributed by atoms with van der Waals surface area (Å²) in [6.45, 7) is 5.80. The lowest BCUT2D eigenvalue weighted by Crippen LogP contribution is -2.41. The molecule has 0 unspecified atom stereocenters. The van der Waals surface area contributed by atoms with E-state index in [-0.39, 0.29) is 17.3 Å². The van der Waals surface area contributed by atoms with Gasteiger partial charge in [0.2, 0.25) is 5.91 Å². The highest BCUT2D eigenvalue weighted by Crippen LogP contribution is 2.19. The highest BCUT2D eigenvalue weighted by molar-refractivity contribution is 9.10. The van der Waals surface area contributed by atoms with Gasteiger partial charge in [0, 0.05) is 15.8 Å². The normalized spacial score (nSPS) is 11.4. The lowest BCUT2D eigenvalue weighted by Gasteiger charge is -2.20. The summed E-state index contributed by atoms with van der Waals surface area (Å²) in [6.07, 6.45) is 0. The van der Waals surface area contributed by atoms with Crippen molar-refractivity contribution in [3.8, 4) is 0 Å². The van der Waals surface area contributed by atoms with Gasteiger partial charge in [0.1, 0.15) is 5.82 Å². The van der Waals surface area contributed by atoms with Crippen LogP contribution in [0.5, 0.6) is 0 Å². The molecule has 1 amide bonds. The Morgan fingerprint density at radius 2 is 2.11 bits per heavy atom. The molecule has 0 spiro atoms. The SMILES string of the molecule is CC(C)(C)NC(=O)CSCc1ccc(Br)cc1F. The first-order chi connectivity index (χ1) is 8.28. The minimum absolute atomic E-state index is 0.0231.